The minimum atomic E-state index is 0.614. The van der Waals surface area contributed by atoms with E-state index in [1.54, 1.807) is 0 Å². The van der Waals surface area contributed by atoms with Crippen molar-refractivity contribution in [1.82, 2.24) is 0 Å². The fourth-order valence-corrected chi connectivity index (χ4v) is 1.74. The predicted octanol–water partition coefficient (Wildman–Crippen LogP) is 3.23. The minimum absolute atomic E-state index is 0.614. The van der Waals surface area contributed by atoms with Gasteiger partial charge in [-0.1, -0.05) is 36.4 Å². The molecule has 1 aromatic rings. The van der Waals surface area contributed by atoms with Gasteiger partial charge in [-0.2, -0.15) is 0 Å². The molecule has 1 unspecified atom stereocenters. The molecule has 0 aromatic heterocycles. The topological polar surface area (TPSA) is 0 Å². The third-order valence-corrected chi connectivity index (χ3v) is 3.13. The van der Waals surface area contributed by atoms with Crippen LogP contribution in [0.4, 0.5) is 0 Å². The summed E-state index contributed by atoms with van der Waals surface area (Å²) >= 11 is 0. The smallest absolute Gasteiger partial charge is 0.104 e. The lowest BCUT2D eigenvalue weighted by atomic mass is 10.1. The van der Waals surface area contributed by atoms with Crippen LogP contribution in [0.15, 0.2) is 43.0 Å². The lowest BCUT2D eigenvalue weighted by molar-refractivity contribution is -0.925. The van der Waals surface area contributed by atoms with Gasteiger partial charge in [-0.05, 0) is 6.92 Å². The zero-order chi connectivity index (χ0) is 11.3. The number of benzene rings is 1. The van der Waals surface area contributed by atoms with Gasteiger partial charge >= 0.3 is 0 Å². The van der Waals surface area contributed by atoms with Crippen LogP contribution in [-0.2, 0) is 6.54 Å². The maximum atomic E-state index is 3.81. The number of quaternary nitrogens is 1. The molecule has 0 aliphatic rings. The molecule has 1 nitrogen and oxygen atoms in total. The molecule has 1 rings (SSSR count). The van der Waals surface area contributed by atoms with E-state index >= 15 is 0 Å². The molecule has 0 aliphatic carbocycles. The van der Waals surface area contributed by atoms with E-state index in [-0.39, 0.29) is 0 Å². The Morgan fingerprint density at radius 2 is 1.87 bits per heavy atom. The van der Waals surface area contributed by atoms with Gasteiger partial charge in [0.1, 0.15) is 6.54 Å². The van der Waals surface area contributed by atoms with Crippen molar-refractivity contribution < 1.29 is 4.48 Å². The number of rotatable bonds is 5. The van der Waals surface area contributed by atoms with E-state index in [2.05, 4.69) is 57.9 Å². The predicted molar refractivity (Wildman–Crippen MR) is 66.5 cm³/mol. The summed E-state index contributed by atoms with van der Waals surface area (Å²) < 4.78 is 1.01. The molecule has 0 N–H and O–H groups in total. The van der Waals surface area contributed by atoms with E-state index in [9.17, 15) is 0 Å². The summed E-state index contributed by atoms with van der Waals surface area (Å²) in [5.74, 6) is 0. The van der Waals surface area contributed by atoms with E-state index in [0.717, 1.165) is 17.4 Å². The Bertz CT molecular complexity index is 300. The summed E-state index contributed by atoms with van der Waals surface area (Å²) in [5, 5.41) is 0. The quantitative estimate of drug-likeness (QED) is 0.510. The zero-order valence-electron chi connectivity index (χ0n) is 10.1. The van der Waals surface area contributed by atoms with Crippen LogP contribution in [0.1, 0.15) is 18.9 Å². The van der Waals surface area contributed by atoms with Gasteiger partial charge in [0.15, 0.2) is 0 Å². The van der Waals surface area contributed by atoms with E-state index in [0.29, 0.717) is 6.04 Å². The van der Waals surface area contributed by atoms with Gasteiger partial charge in [0.25, 0.3) is 0 Å². The summed E-state index contributed by atoms with van der Waals surface area (Å²) in [4.78, 5) is 0. The molecular weight excluding hydrogens is 182 g/mol. The molecule has 15 heavy (non-hydrogen) atoms. The van der Waals surface area contributed by atoms with Crippen molar-refractivity contribution >= 4 is 0 Å². The Balaban J connectivity index is 2.67. The molecule has 0 fully saturated rings. The first-order chi connectivity index (χ1) is 7.06. The van der Waals surface area contributed by atoms with Gasteiger partial charge in [0, 0.05) is 12.0 Å². The second-order valence-electron chi connectivity index (χ2n) is 4.80. The first-order valence-corrected chi connectivity index (χ1v) is 5.54. The molecule has 0 heterocycles. The molecule has 0 saturated carbocycles. The Morgan fingerprint density at radius 1 is 1.27 bits per heavy atom. The van der Waals surface area contributed by atoms with Gasteiger partial charge < -0.3 is 4.48 Å². The summed E-state index contributed by atoms with van der Waals surface area (Å²) in [6.07, 6.45) is 3.08. The first kappa shape index (κ1) is 12.0. The normalized spacial score (nSPS) is 13.5. The largest absolute Gasteiger partial charge is 0.322 e. The van der Waals surface area contributed by atoms with Gasteiger partial charge in [-0.25, -0.2) is 0 Å². The minimum Gasteiger partial charge on any atom is -0.322 e. The maximum Gasteiger partial charge on any atom is 0.104 e. The van der Waals surface area contributed by atoms with Crippen LogP contribution in [0, 0.1) is 0 Å². The molecule has 0 radical (unpaired) electrons. The highest BCUT2D eigenvalue weighted by Crippen LogP contribution is 2.16. The highest BCUT2D eigenvalue weighted by atomic mass is 15.3. The molecule has 0 bridgehead atoms. The summed E-state index contributed by atoms with van der Waals surface area (Å²) in [5.41, 5.74) is 1.40. The summed E-state index contributed by atoms with van der Waals surface area (Å²) in [7, 11) is 4.56. The number of nitrogens with zero attached hydrogens (tertiary/aromatic N) is 1. The molecule has 1 aromatic carbocycles. The molecule has 82 valence electrons. The van der Waals surface area contributed by atoms with Crippen LogP contribution >= 0.6 is 0 Å². The van der Waals surface area contributed by atoms with Gasteiger partial charge in [0.05, 0.1) is 20.1 Å². The fourth-order valence-electron chi connectivity index (χ4n) is 1.74. The van der Waals surface area contributed by atoms with Crippen LogP contribution in [0.3, 0.4) is 0 Å². The van der Waals surface area contributed by atoms with Crippen molar-refractivity contribution in [2.45, 2.75) is 25.9 Å². The molecule has 0 amide bonds. The number of hydrogen-bond donors (Lipinski definition) is 0. The number of hydrogen-bond acceptors (Lipinski definition) is 0. The van der Waals surface area contributed by atoms with Gasteiger partial charge in [-0.3, -0.25) is 0 Å². The van der Waals surface area contributed by atoms with Crippen molar-refractivity contribution in [3.63, 3.8) is 0 Å². The molecule has 1 heteroatoms. The Kier molecular flexibility index (Phi) is 4.10. The summed E-state index contributed by atoms with van der Waals surface area (Å²) in [6, 6.07) is 11.3. The van der Waals surface area contributed by atoms with Crippen molar-refractivity contribution in [1.29, 1.82) is 0 Å². The van der Waals surface area contributed by atoms with Crippen molar-refractivity contribution in [3.05, 3.63) is 48.6 Å². The second kappa shape index (κ2) is 5.13. The van der Waals surface area contributed by atoms with E-state index in [1.807, 2.05) is 6.08 Å². The average molecular weight is 204 g/mol. The van der Waals surface area contributed by atoms with Gasteiger partial charge in [0.2, 0.25) is 0 Å². The Hall–Kier alpha value is -1.08. The van der Waals surface area contributed by atoms with E-state index in [1.165, 1.54) is 5.56 Å². The Morgan fingerprint density at radius 3 is 2.40 bits per heavy atom. The van der Waals surface area contributed by atoms with Gasteiger partial charge in [-0.15, -0.1) is 6.58 Å². The molecular formula is C14H22N+. The molecule has 0 saturated heterocycles. The lowest BCUT2D eigenvalue weighted by Gasteiger charge is -2.36. The van der Waals surface area contributed by atoms with Crippen molar-refractivity contribution in [2.75, 3.05) is 14.1 Å². The van der Waals surface area contributed by atoms with Crippen molar-refractivity contribution in [2.24, 2.45) is 0 Å². The maximum absolute atomic E-state index is 3.81. The summed E-state index contributed by atoms with van der Waals surface area (Å²) in [6.45, 7) is 7.17. The van der Waals surface area contributed by atoms with Crippen molar-refractivity contribution in [3.8, 4) is 0 Å². The standard InChI is InChI=1S/C14H22N/c1-5-9-13(2)15(3,4)12-14-10-7-6-8-11-14/h5-8,10-11,13H,1,9,12H2,2-4H3/q+1. The fraction of sp³-hybridized carbons (Fsp3) is 0.429. The van der Waals surface area contributed by atoms with Crippen LogP contribution in [-0.4, -0.2) is 24.6 Å². The Labute approximate surface area is 93.6 Å². The lowest BCUT2D eigenvalue weighted by Crippen LogP contribution is -2.46. The van der Waals surface area contributed by atoms with Crippen LogP contribution < -0.4 is 0 Å². The van der Waals surface area contributed by atoms with E-state index < -0.39 is 0 Å². The average Bonchev–Trinajstić information content (AvgIpc) is 2.19. The third kappa shape index (κ3) is 3.52. The molecule has 1 atom stereocenters. The molecule has 0 spiro atoms. The van der Waals surface area contributed by atoms with Crippen LogP contribution in [0.5, 0.6) is 0 Å². The van der Waals surface area contributed by atoms with Crippen LogP contribution in [0.2, 0.25) is 0 Å². The van der Waals surface area contributed by atoms with Crippen LogP contribution in [0.25, 0.3) is 0 Å². The monoisotopic (exact) mass is 204 g/mol. The SMILES string of the molecule is C=CCC(C)[N+](C)(C)Cc1ccccc1. The van der Waals surface area contributed by atoms with E-state index in [4.69, 9.17) is 0 Å². The second-order valence-corrected chi connectivity index (χ2v) is 4.80. The first-order valence-electron chi connectivity index (χ1n) is 5.54. The highest BCUT2D eigenvalue weighted by Gasteiger charge is 2.22. The highest BCUT2D eigenvalue weighted by molar-refractivity contribution is 5.13. The molecule has 0 aliphatic heterocycles. The zero-order valence-corrected chi connectivity index (χ0v) is 10.1. The third-order valence-electron chi connectivity index (χ3n) is 3.13.